The first-order chi connectivity index (χ1) is 15.7. The van der Waals surface area contributed by atoms with Crippen molar-refractivity contribution in [1.82, 2.24) is 20.5 Å². The highest BCUT2D eigenvalue weighted by Gasteiger charge is 2.51. The van der Waals surface area contributed by atoms with E-state index in [1.165, 1.54) is 43.5 Å². The quantitative estimate of drug-likeness (QED) is 0.553. The minimum absolute atomic E-state index is 0.0651. The Morgan fingerprint density at radius 2 is 1.73 bits per heavy atom. The normalized spacial score (nSPS) is 31.2. The average molecular weight is 475 g/mol. The van der Waals surface area contributed by atoms with Crippen molar-refractivity contribution in [2.45, 2.75) is 49.8 Å². The Morgan fingerprint density at radius 1 is 1.06 bits per heavy atom. The van der Waals surface area contributed by atoms with Gasteiger partial charge in [-0.2, -0.15) is 4.31 Å². The van der Waals surface area contributed by atoms with Gasteiger partial charge in [0.1, 0.15) is 0 Å². The van der Waals surface area contributed by atoms with Gasteiger partial charge in [-0.3, -0.25) is 25.2 Å². The third kappa shape index (κ3) is 4.50. The van der Waals surface area contributed by atoms with Crippen LogP contribution in [0.1, 0.15) is 55.3 Å². The zero-order valence-electron chi connectivity index (χ0n) is 18.5. The topological polar surface area (TPSA) is 125 Å². The molecule has 5 fully saturated rings. The maximum Gasteiger partial charge on any atom is 0.269 e. The summed E-state index contributed by atoms with van der Waals surface area (Å²) in [7, 11) is -3.91. The minimum Gasteiger partial charge on any atom is -0.354 e. The predicted octanol–water partition coefficient (Wildman–Crippen LogP) is 1.17. The molecule has 0 atom stereocenters. The Labute approximate surface area is 193 Å². The summed E-state index contributed by atoms with van der Waals surface area (Å²) in [6.45, 7) is 0.165. The third-order valence-corrected chi connectivity index (χ3v) is 9.59. The fourth-order valence-corrected chi connectivity index (χ4v) is 8.30. The fraction of sp³-hybridized carbons (Fsp3) is 0.609. The maximum atomic E-state index is 12.9. The van der Waals surface area contributed by atoms with Crippen molar-refractivity contribution in [2.24, 2.45) is 23.2 Å². The van der Waals surface area contributed by atoms with Crippen LogP contribution in [0.15, 0.2) is 29.2 Å². The molecule has 6 rings (SSSR count). The van der Waals surface area contributed by atoms with Crippen molar-refractivity contribution in [3.05, 3.63) is 29.8 Å². The number of hydrogen-bond donors (Lipinski definition) is 3. The lowest BCUT2D eigenvalue weighted by atomic mass is 9.49. The van der Waals surface area contributed by atoms with E-state index in [2.05, 4.69) is 16.2 Å². The molecule has 1 aromatic carbocycles. The molecule has 1 aromatic rings. The Balaban J connectivity index is 1.20. The van der Waals surface area contributed by atoms with Gasteiger partial charge in [0.2, 0.25) is 21.8 Å². The Morgan fingerprint density at radius 3 is 2.36 bits per heavy atom. The molecule has 1 saturated heterocycles. The van der Waals surface area contributed by atoms with Crippen LogP contribution in [-0.2, 0) is 19.6 Å². The van der Waals surface area contributed by atoms with Gasteiger partial charge in [0, 0.05) is 25.1 Å². The van der Waals surface area contributed by atoms with E-state index in [0.29, 0.717) is 6.42 Å². The van der Waals surface area contributed by atoms with E-state index < -0.39 is 15.9 Å². The first-order valence-corrected chi connectivity index (χ1v) is 13.1. The van der Waals surface area contributed by atoms with Crippen LogP contribution in [0.5, 0.6) is 0 Å². The minimum atomic E-state index is -3.91. The van der Waals surface area contributed by atoms with E-state index in [1.807, 2.05) is 0 Å². The van der Waals surface area contributed by atoms with Gasteiger partial charge in [-0.25, -0.2) is 8.42 Å². The Bertz CT molecular complexity index is 1050. The molecule has 1 aliphatic heterocycles. The smallest absolute Gasteiger partial charge is 0.269 e. The van der Waals surface area contributed by atoms with Crippen molar-refractivity contribution in [3.63, 3.8) is 0 Å². The van der Waals surface area contributed by atoms with E-state index in [9.17, 15) is 22.8 Å². The van der Waals surface area contributed by atoms with Gasteiger partial charge in [-0.1, -0.05) is 6.07 Å². The van der Waals surface area contributed by atoms with Gasteiger partial charge in [0.25, 0.3) is 5.91 Å². The number of rotatable bonds is 5. The number of carbonyl (C=O) groups is 3. The second kappa shape index (κ2) is 8.39. The second-order valence-corrected chi connectivity index (χ2v) is 12.3. The predicted molar refractivity (Wildman–Crippen MR) is 119 cm³/mol. The van der Waals surface area contributed by atoms with Gasteiger partial charge in [-0.15, -0.1) is 0 Å². The average Bonchev–Trinajstić information content (AvgIpc) is 2.76. The summed E-state index contributed by atoms with van der Waals surface area (Å²) in [6.07, 6.45) is 7.65. The molecular weight excluding hydrogens is 444 g/mol. The molecule has 4 bridgehead atoms. The SMILES string of the molecule is O=C1CN(S(=O)(=O)c2cccc(C(=O)NNC(=O)CC34CC5CC(CC(C5)C3)C4)c2)CCN1. The number of carbonyl (C=O) groups excluding carboxylic acids is 3. The zero-order chi connectivity index (χ0) is 23.2. The number of hydrazine groups is 1. The third-order valence-electron chi connectivity index (χ3n) is 7.75. The summed E-state index contributed by atoms with van der Waals surface area (Å²) in [5.74, 6) is 1.09. The number of piperazine rings is 1. The zero-order valence-corrected chi connectivity index (χ0v) is 19.3. The van der Waals surface area contributed by atoms with E-state index in [-0.39, 0.29) is 47.3 Å². The lowest BCUT2D eigenvalue weighted by Crippen LogP contribution is -2.50. The van der Waals surface area contributed by atoms with Gasteiger partial charge in [-0.05, 0) is 79.9 Å². The monoisotopic (exact) mass is 474 g/mol. The molecule has 178 valence electrons. The van der Waals surface area contributed by atoms with Crippen LogP contribution in [0.25, 0.3) is 0 Å². The van der Waals surface area contributed by atoms with Crippen molar-refractivity contribution in [1.29, 1.82) is 0 Å². The Kier molecular flexibility index (Phi) is 5.68. The van der Waals surface area contributed by atoms with Crippen LogP contribution >= 0.6 is 0 Å². The van der Waals surface area contributed by atoms with Crippen LogP contribution in [0, 0.1) is 23.2 Å². The summed E-state index contributed by atoms with van der Waals surface area (Å²) in [5, 5.41) is 2.59. The van der Waals surface area contributed by atoms with Crippen LogP contribution in [0.4, 0.5) is 0 Å². The molecule has 0 radical (unpaired) electrons. The number of nitrogens with one attached hydrogen (secondary N) is 3. The number of hydrogen-bond acceptors (Lipinski definition) is 5. The van der Waals surface area contributed by atoms with Gasteiger partial charge in [0.05, 0.1) is 11.4 Å². The molecule has 9 nitrogen and oxygen atoms in total. The van der Waals surface area contributed by atoms with Crippen molar-refractivity contribution < 1.29 is 22.8 Å². The summed E-state index contributed by atoms with van der Waals surface area (Å²) in [6, 6.07) is 5.62. The number of amides is 3. The van der Waals surface area contributed by atoms with Crippen molar-refractivity contribution in [3.8, 4) is 0 Å². The second-order valence-electron chi connectivity index (χ2n) is 10.3. The lowest BCUT2D eigenvalue weighted by Gasteiger charge is -2.56. The standard InChI is InChI=1S/C23H30N4O5S/c28-20(13-23-10-15-6-16(11-23)8-17(7-15)12-23)25-26-22(30)18-2-1-3-19(9-18)33(31,32)27-5-4-24-21(29)14-27/h1-3,9,15-17H,4-8,10-14H2,(H,24,29)(H,25,28)(H,26,30). The molecule has 3 amide bonds. The molecule has 4 aliphatic carbocycles. The van der Waals surface area contributed by atoms with Crippen LogP contribution in [0.2, 0.25) is 0 Å². The first-order valence-electron chi connectivity index (χ1n) is 11.7. The molecule has 10 heteroatoms. The molecule has 1 heterocycles. The number of sulfonamides is 1. The Hall–Kier alpha value is -2.46. The largest absolute Gasteiger partial charge is 0.354 e. The van der Waals surface area contributed by atoms with Gasteiger partial charge >= 0.3 is 0 Å². The molecule has 0 aromatic heterocycles. The molecule has 33 heavy (non-hydrogen) atoms. The summed E-state index contributed by atoms with van der Waals surface area (Å²) in [4.78, 5) is 36.8. The van der Waals surface area contributed by atoms with E-state index in [4.69, 9.17) is 0 Å². The highest BCUT2D eigenvalue weighted by molar-refractivity contribution is 7.89. The molecule has 4 saturated carbocycles. The summed E-state index contributed by atoms with van der Waals surface area (Å²) >= 11 is 0. The summed E-state index contributed by atoms with van der Waals surface area (Å²) < 4.78 is 26.8. The van der Waals surface area contributed by atoms with E-state index in [1.54, 1.807) is 0 Å². The van der Waals surface area contributed by atoms with Crippen molar-refractivity contribution in [2.75, 3.05) is 19.6 Å². The lowest BCUT2D eigenvalue weighted by molar-refractivity contribution is -0.130. The molecule has 5 aliphatic rings. The van der Waals surface area contributed by atoms with Gasteiger partial charge in [0.15, 0.2) is 0 Å². The van der Waals surface area contributed by atoms with E-state index in [0.717, 1.165) is 41.3 Å². The molecular formula is C23H30N4O5S. The molecule has 3 N–H and O–H groups in total. The number of nitrogens with zero attached hydrogens (tertiary/aromatic N) is 1. The maximum absolute atomic E-state index is 12.9. The fourth-order valence-electron chi connectivity index (χ4n) is 6.86. The van der Waals surface area contributed by atoms with Crippen molar-refractivity contribution >= 4 is 27.7 Å². The van der Waals surface area contributed by atoms with Crippen LogP contribution in [0.3, 0.4) is 0 Å². The molecule has 0 spiro atoms. The highest BCUT2D eigenvalue weighted by atomic mass is 32.2. The van der Waals surface area contributed by atoms with Crippen LogP contribution < -0.4 is 16.2 Å². The molecule has 0 unspecified atom stereocenters. The van der Waals surface area contributed by atoms with Crippen LogP contribution in [-0.4, -0.2) is 50.1 Å². The van der Waals surface area contributed by atoms with Gasteiger partial charge < -0.3 is 5.32 Å². The number of benzene rings is 1. The first kappa shape index (κ1) is 22.3. The highest BCUT2D eigenvalue weighted by Crippen LogP contribution is 2.61. The summed E-state index contributed by atoms with van der Waals surface area (Å²) in [5.41, 5.74) is 5.15. The van der Waals surface area contributed by atoms with E-state index >= 15 is 0 Å².